The monoisotopic (exact) mass is 246 g/mol. The van der Waals surface area contributed by atoms with Crippen molar-refractivity contribution in [2.45, 2.75) is 25.8 Å². The lowest BCUT2D eigenvalue weighted by atomic mass is 10.00. The van der Waals surface area contributed by atoms with Crippen molar-refractivity contribution in [3.8, 4) is 0 Å². The fraction of sp³-hybridized carbons (Fsp3) is 0.357. The molecule has 0 unspecified atom stereocenters. The second kappa shape index (κ2) is 3.44. The molecule has 0 saturated heterocycles. The summed E-state index contributed by atoms with van der Waals surface area (Å²) in [6.07, 6.45) is 1.81. The van der Waals surface area contributed by atoms with Gasteiger partial charge in [-0.3, -0.25) is 4.98 Å². The summed E-state index contributed by atoms with van der Waals surface area (Å²) in [5.74, 6) is 0.314. The van der Waals surface area contributed by atoms with Crippen molar-refractivity contribution < 1.29 is 0 Å². The fourth-order valence-electron chi connectivity index (χ4n) is 2.67. The van der Waals surface area contributed by atoms with Crippen LogP contribution in [-0.2, 0) is 0 Å². The maximum atomic E-state index is 6.34. The number of hydrogen-bond acceptors (Lipinski definition) is 2. The molecule has 0 aliphatic heterocycles. The first kappa shape index (κ1) is 11.0. The Morgan fingerprint density at radius 2 is 2.00 bits per heavy atom. The molecule has 1 aliphatic rings. The molecule has 1 aliphatic carbocycles. The first-order valence-corrected chi connectivity index (χ1v) is 6.20. The van der Waals surface area contributed by atoms with Gasteiger partial charge in [0.1, 0.15) is 0 Å². The molecule has 2 atom stereocenters. The van der Waals surface area contributed by atoms with Crippen LogP contribution in [0.25, 0.3) is 10.9 Å². The van der Waals surface area contributed by atoms with Crippen LogP contribution in [0.3, 0.4) is 0 Å². The number of pyridine rings is 1. The molecule has 0 spiro atoms. The zero-order valence-corrected chi connectivity index (χ0v) is 10.7. The Bertz CT molecular complexity index is 592. The number of rotatable bonds is 1. The average molecular weight is 247 g/mol. The topological polar surface area (TPSA) is 38.9 Å². The minimum atomic E-state index is 0.120. The maximum Gasteiger partial charge on any atom is 0.0752 e. The predicted molar refractivity (Wildman–Crippen MR) is 71.3 cm³/mol. The van der Waals surface area contributed by atoms with E-state index in [1.165, 1.54) is 0 Å². The summed E-state index contributed by atoms with van der Waals surface area (Å²) in [4.78, 5) is 4.46. The molecule has 1 saturated carbocycles. The molecular weight excluding hydrogens is 232 g/mol. The Hall–Kier alpha value is -1.12. The van der Waals surface area contributed by atoms with Gasteiger partial charge in [0.25, 0.3) is 0 Å². The number of nitrogens with zero attached hydrogens (tertiary/aromatic N) is 1. The fourth-order valence-corrected chi connectivity index (χ4v) is 2.94. The minimum Gasteiger partial charge on any atom is -0.327 e. The van der Waals surface area contributed by atoms with Gasteiger partial charge in [0, 0.05) is 34.1 Å². The molecule has 0 bridgehead atoms. The molecule has 2 aromatic rings. The quantitative estimate of drug-likeness (QED) is 0.838. The van der Waals surface area contributed by atoms with Crippen molar-refractivity contribution in [2.75, 3.05) is 0 Å². The molecule has 0 amide bonds. The minimum absolute atomic E-state index is 0.120. The zero-order valence-electron chi connectivity index (χ0n) is 9.94. The van der Waals surface area contributed by atoms with Crippen LogP contribution in [-0.4, -0.2) is 11.0 Å². The van der Waals surface area contributed by atoms with Crippen LogP contribution in [0.15, 0.2) is 30.5 Å². The second-order valence-electron chi connectivity index (χ2n) is 5.36. The van der Waals surface area contributed by atoms with E-state index in [0.717, 1.165) is 21.5 Å². The van der Waals surface area contributed by atoms with Crippen LogP contribution in [0, 0.1) is 5.41 Å². The largest absolute Gasteiger partial charge is 0.327 e. The molecular formula is C14H15ClN2. The van der Waals surface area contributed by atoms with E-state index in [1.807, 2.05) is 24.4 Å². The summed E-state index contributed by atoms with van der Waals surface area (Å²) in [7, 11) is 0. The lowest BCUT2D eigenvalue weighted by molar-refractivity contribution is 0.600. The van der Waals surface area contributed by atoms with E-state index in [1.54, 1.807) is 0 Å². The second-order valence-corrected chi connectivity index (χ2v) is 5.77. The Morgan fingerprint density at radius 1 is 1.29 bits per heavy atom. The van der Waals surface area contributed by atoms with Crippen molar-refractivity contribution in [1.29, 1.82) is 0 Å². The van der Waals surface area contributed by atoms with Gasteiger partial charge in [0.15, 0.2) is 0 Å². The van der Waals surface area contributed by atoms with Crippen molar-refractivity contribution in [3.05, 3.63) is 41.0 Å². The highest BCUT2D eigenvalue weighted by atomic mass is 35.5. The number of fused-ring (bicyclic) bond motifs is 1. The Labute approximate surface area is 106 Å². The number of halogens is 1. The van der Waals surface area contributed by atoms with E-state index in [4.69, 9.17) is 17.3 Å². The van der Waals surface area contributed by atoms with Gasteiger partial charge >= 0.3 is 0 Å². The maximum absolute atomic E-state index is 6.34. The van der Waals surface area contributed by atoms with Crippen molar-refractivity contribution >= 4 is 22.5 Å². The molecule has 88 valence electrons. The number of benzene rings is 1. The van der Waals surface area contributed by atoms with Crippen LogP contribution < -0.4 is 5.73 Å². The van der Waals surface area contributed by atoms with Gasteiger partial charge in [-0.2, -0.15) is 0 Å². The third kappa shape index (κ3) is 1.48. The molecule has 3 heteroatoms. The Kier molecular flexibility index (Phi) is 2.22. The molecule has 17 heavy (non-hydrogen) atoms. The number of aromatic nitrogens is 1. The highest BCUT2D eigenvalue weighted by Gasteiger charge is 2.57. The van der Waals surface area contributed by atoms with E-state index >= 15 is 0 Å². The molecule has 1 heterocycles. The lowest BCUT2D eigenvalue weighted by Gasteiger charge is -2.09. The Balaban J connectivity index is 2.26. The van der Waals surface area contributed by atoms with Crippen LogP contribution in [0.4, 0.5) is 0 Å². The highest BCUT2D eigenvalue weighted by molar-refractivity contribution is 6.32. The molecule has 2 N–H and O–H groups in total. The molecule has 1 aromatic carbocycles. The van der Waals surface area contributed by atoms with E-state index in [2.05, 4.69) is 24.9 Å². The summed E-state index contributed by atoms with van der Waals surface area (Å²) in [6.45, 7) is 4.36. The van der Waals surface area contributed by atoms with Gasteiger partial charge in [-0.05, 0) is 17.5 Å². The number of nitrogens with two attached hydrogens (primary N) is 1. The highest BCUT2D eigenvalue weighted by Crippen LogP contribution is 2.59. The normalized spacial score (nSPS) is 26.1. The molecule has 0 radical (unpaired) electrons. The van der Waals surface area contributed by atoms with Crippen molar-refractivity contribution in [2.24, 2.45) is 11.1 Å². The van der Waals surface area contributed by atoms with Gasteiger partial charge in [-0.1, -0.05) is 37.6 Å². The lowest BCUT2D eigenvalue weighted by Crippen LogP contribution is -2.06. The van der Waals surface area contributed by atoms with E-state index in [-0.39, 0.29) is 11.5 Å². The van der Waals surface area contributed by atoms with Crippen LogP contribution in [0.5, 0.6) is 0 Å². The van der Waals surface area contributed by atoms with Gasteiger partial charge in [-0.15, -0.1) is 0 Å². The van der Waals surface area contributed by atoms with Crippen molar-refractivity contribution in [3.63, 3.8) is 0 Å². The van der Waals surface area contributed by atoms with Gasteiger partial charge in [-0.25, -0.2) is 0 Å². The van der Waals surface area contributed by atoms with E-state index in [0.29, 0.717) is 5.92 Å². The SMILES string of the molecule is CC1(C)[C@H](N)[C@H]1c1c(Cl)ccc2cccnc12. The summed E-state index contributed by atoms with van der Waals surface area (Å²) in [6, 6.07) is 8.13. The number of hydrogen-bond donors (Lipinski definition) is 1. The summed E-state index contributed by atoms with van der Waals surface area (Å²) >= 11 is 6.34. The first-order chi connectivity index (χ1) is 8.03. The molecule has 3 rings (SSSR count). The van der Waals surface area contributed by atoms with E-state index < -0.39 is 0 Å². The molecule has 1 aromatic heterocycles. The Morgan fingerprint density at radius 3 is 2.65 bits per heavy atom. The van der Waals surface area contributed by atoms with Gasteiger partial charge < -0.3 is 5.73 Å². The van der Waals surface area contributed by atoms with Crippen LogP contribution in [0.2, 0.25) is 5.02 Å². The summed E-state index contributed by atoms with van der Waals surface area (Å²) in [5.41, 5.74) is 8.38. The smallest absolute Gasteiger partial charge is 0.0752 e. The van der Waals surface area contributed by atoms with Crippen LogP contribution >= 0.6 is 11.6 Å². The molecule has 1 fully saturated rings. The standard InChI is InChI=1S/C14H15ClN2/c1-14(2)11(13(14)16)10-9(15)6-5-8-4-3-7-17-12(8)10/h3-7,11,13H,16H2,1-2H3/t11-,13-/m1/s1. The van der Waals surface area contributed by atoms with Gasteiger partial charge in [0.05, 0.1) is 5.52 Å². The van der Waals surface area contributed by atoms with Gasteiger partial charge in [0.2, 0.25) is 0 Å². The van der Waals surface area contributed by atoms with E-state index in [9.17, 15) is 0 Å². The summed E-state index contributed by atoms with van der Waals surface area (Å²) < 4.78 is 0. The average Bonchev–Trinajstić information content (AvgIpc) is 2.79. The zero-order chi connectivity index (χ0) is 12.2. The van der Waals surface area contributed by atoms with Crippen molar-refractivity contribution in [1.82, 2.24) is 4.98 Å². The molecule has 2 nitrogen and oxygen atoms in total. The first-order valence-electron chi connectivity index (χ1n) is 5.82. The predicted octanol–water partition coefficient (Wildman–Crippen LogP) is 3.34. The third-order valence-electron chi connectivity index (χ3n) is 3.98. The van der Waals surface area contributed by atoms with Crippen LogP contribution in [0.1, 0.15) is 25.3 Å². The third-order valence-corrected chi connectivity index (χ3v) is 4.31. The summed E-state index contributed by atoms with van der Waals surface area (Å²) in [5, 5.41) is 1.91.